The van der Waals surface area contributed by atoms with Crippen LogP contribution in [0, 0.1) is 0 Å². The third-order valence-corrected chi connectivity index (χ3v) is 5.47. The molecule has 0 aliphatic carbocycles. The van der Waals surface area contributed by atoms with Crippen LogP contribution in [0.4, 0.5) is 0 Å². The Morgan fingerprint density at radius 3 is 2.51 bits per heavy atom. The molecule has 2 amide bonds. The molecule has 10 nitrogen and oxygen atoms in total. The van der Waals surface area contributed by atoms with Crippen LogP contribution >= 0.6 is 0 Å². The van der Waals surface area contributed by atoms with Gasteiger partial charge >= 0.3 is 5.69 Å². The molecule has 3 aromatic heterocycles. The van der Waals surface area contributed by atoms with Crippen LogP contribution in [0.5, 0.6) is 0 Å². The lowest BCUT2D eigenvalue weighted by molar-refractivity contribution is -0.117. The normalized spacial score (nSPS) is 10.8. The van der Waals surface area contributed by atoms with Crippen molar-refractivity contribution in [3.05, 3.63) is 82.8 Å². The number of aromatic amines is 2. The summed E-state index contributed by atoms with van der Waals surface area (Å²) in [5, 5.41) is 3.14. The fourth-order valence-corrected chi connectivity index (χ4v) is 3.79. The minimum Gasteiger partial charge on any atom is -0.359 e. The van der Waals surface area contributed by atoms with Crippen molar-refractivity contribution in [2.24, 2.45) is 0 Å². The molecule has 0 saturated heterocycles. The monoisotopic (exact) mass is 472 g/mol. The number of Topliss-reactive ketones (excluding diaryl/α,β-unsaturated/α-hetero) is 1. The number of pyridine rings is 1. The fraction of sp³-hybridized carbons (Fsp3) is 0.200. The highest BCUT2D eigenvalue weighted by Gasteiger charge is 2.22. The van der Waals surface area contributed by atoms with E-state index in [0.29, 0.717) is 34.3 Å². The zero-order chi connectivity index (χ0) is 24.8. The van der Waals surface area contributed by atoms with Crippen molar-refractivity contribution in [2.75, 3.05) is 19.6 Å². The predicted molar refractivity (Wildman–Crippen MR) is 130 cm³/mol. The molecule has 0 bridgehead atoms. The first kappa shape index (κ1) is 23.6. The Balaban J connectivity index is 1.45. The molecule has 178 valence electrons. The quantitative estimate of drug-likeness (QED) is 0.252. The van der Waals surface area contributed by atoms with Crippen LogP contribution in [0.25, 0.3) is 22.2 Å². The Kier molecular flexibility index (Phi) is 7.10. The summed E-state index contributed by atoms with van der Waals surface area (Å²) in [6.07, 6.45) is 6.60. The number of carbonyl (C=O) groups is 3. The number of H-pyrrole nitrogens is 2. The Labute approximate surface area is 200 Å². The third-order valence-electron chi connectivity index (χ3n) is 5.47. The van der Waals surface area contributed by atoms with E-state index in [0.717, 1.165) is 6.42 Å². The highest BCUT2D eigenvalue weighted by Crippen LogP contribution is 2.27. The van der Waals surface area contributed by atoms with Crippen molar-refractivity contribution in [2.45, 2.75) is 13.3 Å². The number of benzene rings is 1. The topological polar surface area (TPSA) is 141 Å². The summed E-state index contributed by atoms with van der Waals surface area (Å²) in [7, 11) is 0. The van der Waals surface area contributed by atoms with E-state index in [1.165, 1.54) is 24.8 Å². The smallest absolute Gasteiger partial charge is 0.344 e. The van der Waals surface area contributed by atoms with Crippen LogP contribution in [0.3, 0.4) is 0 Å². The Bertz CT molecular complexity index is 1410. The molecule has 3 N–H and O–H groups in total. The molecule has 0 spiro atoms. The molecule has 0 atom stereocenters. The number of nitrogens with zero attached hydrogens (tertiary/aromatic N) is 3. The number of carbonyl (C=O) groups excluding carboxylic acids is 3. The van der Waals surface area contributed by atoms with Gasteiger partial charge in [0.2, 0.25) is 0 Å². The van der Waals surface area contributed by atoms with E-state index in [4.69, 9.17) is 0 Å². The lowest BCUT2D eigenvalue weighted by atomic mass is 10.1. The van der Waals surface area contributed by atoms with E-state index < -0.39 is 17.4 Å². The summed E-state index contributed by atoms with van der Waals surface area (Å²) < 4.78 is 0. The number of nitrogens with one attached hydrogen (secondary N) is 3. The number of hydrogen-bond acceptors (Lipinski definition) is 6. The molecule has 0 aliphatic heterocycles. The van der Waals surface area contributed by atoms with Crippen LogP contribution in [-0.2, 0) is 4.79 Å². The summed E-state index contributed by atoms with van der Waals surface area (Å²) in [4.78, 5) is 64.7. The van der Waals surface area contributed by atoms with E-state index in [9.17, 15) is 19.2 Å². The summed E-state index contributed by atoms with van der Waals surface area (Å²) in [6.45, 7) is 2.93. The minimum absolute atomic E-state index is 0.124. The number of ketones is 1. The molecule has 0 aliphatic rings. The van der Waals surface area contributed by atoms with Crippen molar-refractivity contribution in [3.8, 4) is 11.3 Å². The summed E-state index contributed by atoms with van der Waals surface area (Å²) >= 11 is 0. The van der Waals surface area contributed by atoms with Crippen molar-refractivity contribution in [3.63, 3.8) is 0 Å². The third kappa shape index (κ3) is 5.16. The van der Waals surface area contributed by atoms with Gasteiger partial charge in [-0.3, -0.25) is 19.4 Å². The van der Waals surface area contributed by atoms with Crippen LogP contribution in [0.1, 0.15) is 34.1 Å². The molecule has 3 heterocycles. The summed E-state index contributed by atoms with van der Waals surface area (Å²) in [5.41, 5.74) is 1.87. The molecule has 0 unspecified atom stereocenters. The van der Waals surface area contributed by atoms with E-state index in [-0.39, 0.29) is 24.6 Å². The van der Waals surface area contributed by atoms with Crippen LogP contribution in [0.2, 0.25) is 0 Å². The zero-order valence-corrected chi connectivity index (χ0v) is 19.1. The van der Waals surface area contributed by atoms with Gasteiger partial charge in [-0.1, -0.05) is 25.1 Å². The molecular weight excluding hydrogens is 448 g/mol. The largest absolute Gasteiger partial charge is 0.359 e. The maximum atomic E-state index is 12.9. The van der Waals surface area contributed by atoms with E-state index >= 15 is 0 Å². The lowest BCUT2D eigenvalue weighted by Gasteiger charge is -2.22. The van der Waals surface area contributed by atoms with Crippen molar-refractivity contribution in [1.82, 2.24) is 30.2 Å². The molecule has 10 heteroatoms. The Morgan fingerprint density at radius 2 is 1.80 bits per heavy atom. The van der Waals surface area contributed by atoms with E-state index in [1.54, 1.807) is 35.2 Å². The van der Waals surface area contributed by atoms with Gasteiger partial charge in [-0.05, 0) is 24.6 Å². The second-order valence-corrected chi connectivity index (χ2v) is 7.84. The molecule has 4 rings (SSSR count). The van der Waals surface area contributed by atoms with Gasteiger partial charge in [0.1, 0.15) is 0 Å². The molecule has 35 heavy (non-hydrogen) atoms. The van der Waals surface area contributed by atoms with Crippen LogP contribution in [-0.4, -0.2) is 62.1 Å². The Morgan fingerprint density at radius 1 is 1.00 bits per heavy atom. The lowest BCUT2D eigenvalue weighted by Crippen LogP contribution is -2.40. The van der Waals surface area contributed by atoms with Crippen molar-refractivity contribution in [1.29, 1.82) is 0 Å². The van der Waals surface area contributed by atoms with Crippen LogP contribution < -0.4 is 11.0 Å². The standard InChI is InChI=1S/C25H24N6O4/c1-2-11-31(24(34)16-6-4-3-5-7-16)12-10-27-23(33)22(32)19-15-28-21-18(19)8-9-26-20(21)17-13-29-25(35)30-14-17/h3-9,13-15,28H,2,10-12H2,1H3,(H,27,33)(H,29,30,35). The Hall–Kier alpha value is -4.60. The number of amides is 2. The number of aromatic nitrogens is 4. The number of hydrogen-bond donors (Lipinski definition) is 3. The average molecular weight is 473 g/mol. The van der Waals surface area contributed by atoms with Gasteiger partial charge in [-0.15, -0.1) is 0 Å². The average Bonchev–Trinajstić information content (AvgIpc) is 3.32. The molecule has 0 saturated carbocycles. The van der Waals surface area contributed by atoms with Gasteiger partial charge in [-0.25, -0.2) is 9.78 Å². The van der Waals surface area contributed by atoms with Gasteiger partial charge in [-0.2, -0.15) is 0 Å². The molecule has 0 fully saturated rings. The van der Waals surface area contributed by atoms with Crippen molar-refractivity contribution >= 4 is 28.5 Å². The maximum Gasteiger partial charge on any atom is 0.344 e. The SMILES string of the molecule is CCCN(CCNC(=O)C(=O)c1c[nH]c2c(-c3cnc(=O)[nH]c3)nccc12)C(=O)c1ccccc1. The summed E-state index contributed by atoms with van der Waals surface area (Å²) in [6, 6.07) is 10.6. The van der Waals surface area contributed by atoms with Gasteiger partial charge in [0.25, 0.3) is 17.6 Å². The van der Waals surface area contributed by atoms with Gasteiger partial charge < -0.3 is 20.2 Å². The fourth-order valence-electron chi connectivity index (χ4n) is 3.79. The second-order valence-electron chi connectivity index (χ2n) is 7.84. The molecule has 4 aromatic rings. The molecular formula is C25H24N6O4. The van der Waals surface area contributed by atoms with E-state index in [1.807, 2.05) is 13.0 Å². The minimum atomic E-state index is -0.765. The first-order valence-corrected chi connectivity index (χ1v) is 11.2. The first-order chi connectivity index (χ1) is 17.0. The van der Waals surface area contributed by atoms with Crippen molar-refractivity contribution < 1.29 is 14.4 Å². The van der Waals surface area contributed by atoms with Crippen LogP contribution in [0.15, 0.2) is 66.0 Å². The zero-order valence-electron chi connectivity index (χ0n) is 19.1. The van der Waals surface area contributed by atoms with Gasteiger partial charge in [0.05, 0.1) is 16.8 Å². The van der Waals surface area contributed by atoms with Gasteiger partial charge in [0.15, 0.2) is 0 Å². The molecule has 0 radical (unpaired) electrons. The highest BCUT2D eigenvalue weighted by atomic mass is 16.2. The van der Waals surface area contributed by atoms with E-state index in [2.05, 4.69) is 25.3 Å². The maximum absolute atomic E-state index is 12.9. The second kappa shape index (κ2) is 10.6. The number of rotatable bonds is 9. The summed E-state index contributed by atoms with van der Waals surface area (Å²) in [5.74, 6) is -1.59. The highest BCUT2D eigenvalue weighted by molar-refractivity contribution is 6.45. The number of fused-ring (bicyclic) bond motifs is 1. The molecule has 1 aromatic carbocycles. The first-order valence-electron chi connectivity index (χ1n) is 11.2. The predicted octanol–water partition coefficient (Wildman–Crippen LogP) is 2.16. The van der Waals surface area contributed by atoms with Gasteiger partial charge in [0, 0.05) is 60.9 Å².